The van der Waals surface area contributed by atoms with E-state index >= 15 is 0 Å². The van der Waals surface area contributed by atoms with E-state index in [9.17, 15) is 4.79 Å². The molecule has 1 aliphatic heterocycles. The molecule has 1 heterocycles. The molecular weight excluding hydrogens is 362 g/mol. The van der Waals surface area contributed by atoms with E-state index in [-0.39, 0.29) is 12.1 Å². The van der Waals surface area contributed by atoms with Gasteiger partial charge in [0.2, 0.25) is 0 Å². The smallest absolute Gasteiger partial charge is 0.410 e. The maximum atomic E-state index is 12.4. The standard InChI is InChI=1S/C24H39N3O2/c1-18(25)20-9-11-21(12-10-20)22(17-19-7-8-19)26-13-5-15-27(16-6-14-26)23(28)29-24(2,3)4/h9-12,18-19,22H,5-8,13-17,25H2,1-4H3/t18-,22?/m0/s1. The van der Waals surface area contributed by atoms with Crippen molar-refractivity contribution in [3.63, 3.8) is 0 Å². The summed E-state index contributed by atoms with van der Waals surface area (Å²) in [5, 5.41) is 0. The molecule has 5 nitrogen and oxygen atoms in total. The summed E-state index contributed by atoms with van der Waals surface area (Å²) in [6.45, 7) is 11.4. The maximum Gasteiger partial charge on any atom is 0.410 e. The normalized spacial score (nSPS) is 21.2. The summed E-state index contributed by atoms with van der Waals surface area (Å²) in [4.78, 5) is 17.0. The molecule has 1 saturated carbocycles. The summed E-state index contributed by atoms with van der Waals surface area (Å²) in [7, 11) is 0. The van der Waals surface area contributed by atoms with E-state index in [1.807, 2.05) is 32.6 Å². The SMILES string of the molecule is C[C@H](N)c1ccc(C(CC2CC2)N2CCCN(C(=O)OC(C)(C)C)CCC2)cc1. The van der Waals surface area contributed by atoms with Gasteiger partial charge < -0.3 is 15.4 Å². The molecule has 2 N–H and O–H groups in total. The van der Waals surface area contributed by atoms with Gasteiger partial charge in [-0.2, -0.15) is 0 Å². The van der Waals surface area contributed by atoms with Crippen molar-refractivity contribution in [3.8, 4) is 0 Å². The fourth-order valence-corrected chi connectivity index (χ4v) is 4.16. The summed E-state index contributed by atoms with van der Waals surface area (Å²) in [5.41, 5.74) is 8.20. The summed E-state index contributed by atoms with van der Waals surface area (Å²) in [6.07, 6.45) is 5.78. The van der Waals surface area contributed by atoms with E-state index < -0.39 is 5.60 Å². The quantitative estimate of drug-likeness (QED) is 0.764. The van der Waals surface area contributed by atoms with Crippen LogP contribution < -0.4 is 5.73 Å². The fourth-order valence-electron chi connectivity index (χ4n) is 4.16. The van der Waals surface area contributed by atoms with E-state index in [1.165, 1.54) is 30.4 Å². The van der Waals surface area contributed by atoms with Crippen LogP contribution in [0.15, 0.2) is 24.3 Å². The first-order valence-electron chi connectivity index (χ1n) is 11.3. The minimum atomic E-state index is -0.436. The van der Waals surface area contributed by atoms with Crippen LogP contribution in [0.4, 0.5) is 4.79 Å². The summed E-state index contributed by atoms with van der Waals surface area (Å²) < 4.78 is 5.57. The first-order chi connectivity index (χ1) is 13.7. The second kappa shape index (κ2) is 9.48. The lowest BCUT2D eigenvalue weighted by molar-refractivity contribution is 0.0205. The molecule has 2 atom stereocenters. The Morgan fingerprint density at radius 3 is 2.10 bits per heavy atom. The van der Waals surface area contributed by atoms with Crippen molar-refractivity contribution in [3.05, 3.63) is 35.4 Å². The van der Waals surface area contributed by atoms with Crippen LogP contribution in [0.2, 0.25) is 0 Å². The number of carbonyl (C=O) groups excluding carboxylic acids is 1. The first kappa shape index (κ1) is 22.1. The van der Waals surface area contributed by atoms with E-state index in [2.05, 4.69) is 29.2 Å². The number of nitrogens with zero attached hydrogens (tertiary/aromatic N) is 2. The maximum absolute atomic E-state index is 12.4. The second-order valence-electron chi connectivity index (χ2n) is 9.86. The molecule has 0 bridgehead atoms. The van der Waals surface area contributed by atoms with Gasteiger partial charge in [-0.1, -0.05) is 37.1 Å². The number of nitrogens with two attached hydrogens (primary N) is 1. The number of ether oxygens (including phenoxy) is 1. The Bertz CT molecular complexity index is 652. The Labute approximate surface area is 176 Å². The minimum Gasteiger partial charge on any atom is -0.444 e. The van der Waals surface area contributed by atoms with Crippen molar-refractivity contribution >= 4 is 6.09 Å². The van der Waals surface area contributed by atoms with E-state index in [1.54, 1.807) is 0 Å². The predicted octanol–water partition coefficient (Wildman–Crippen LogP) is 4.88. The van der Waals surface area contributed by atoms with Crippen molar-refractivity contribution in [2.75, 3.05) is 26.2 Å². The van der Waals surface area contributed by atoms with Gasteiger partial charge >= 0.3 is 6.09 Å². The zero-order valence-electron chi connectivity index (χ0n) is 18.7. The molecule has 3 rings (SSSR count). The molecular formula is C24H39N3O2. The van der Waals surface area contributed by atoms with Gasteiger partial charge in [0.15, 0.2) is 0 Å². The van der Waals surface area contributed by atoms with Crippen LogP contribution in [0.3, 0.4) is 0 Å². The van der Waals surface area contributed by atoms with E-state index in [0.29, 0.717) is 6.04 Å². The average Bonchev–Trinajstić information content (AvgIpc) is 3.43. The Kier molecular flexibility index (Phi) is 7.23. The largest absolute Gasteiger partial charge is 0.444 e. The third kappa shape index (κ3) is 6.71. The van der Waals surface area contributed by atoms with Gasteiger partial charge in [-0.25, -0.2) is 4.79 Å². The van der Waals surface area contributed by atoms with Crippen molar-refractivity contribution < 1.29 is 9.53 Å². The minimum absolute atomic E-state index is 0.0754. The number of benzene rings is 1. The van der Waals surface area contributed by atoms with Crippen LogP contribution >= 0.6 is 0 Å². The fraction of sp³-hybridized carbons (Fsp3) is 0.708. The predicted molar refractivity (Wildman–Crippen MR) is 118 cm³/mol. The van der Waals surface area contributed by atoms with Gasteiger partial charge in [0.25, 0.3) is 0 Å². The molecule has 0 radical (unpaired) electrons. The van der Waals surface area contributed by atoms with Crippen molar-refractivity contribution in [1.29, 1.82) is 0 Å². The highest BCUT2D eigenvalue weighted by Crippen LogP contribution is 2.40. The number of hydrogen-bond donors (Lipinski definition) is 1. The zero-order chi connectivity index (χ0) is 21.0. The van der Waals surface area contributed by atoms with Gasteiger partial charge in [-0.05, 0) is 64.0 Å². The molecule has 1 aliphatic carbocycles. The summed E-state index contributed by atoms with van der Waals surface area (Å²) >= 11 is 0. The van der Waals surface area contributed by atoms with Crippen LogP contribution in [0.25, 0.3) is 0 Å². The number of hydrogen-bond acceptors (Lipinski definition) is 4. The molecule has 2 fully saturated rings. The van der Waals surface area contributed by atoms with Gasteiger partial charge in [0.1, 0.15) is 5.60 Å². The lowest BCUT2D eigenvalue weighted by Gasteiger charge is -2.36. The van der Waals surface area contributed by atoms with Gasteiger partial charge in [-0.15, -0.1) is 0 Å². The van der Waals surface area contributed by atoms with Crippen LogP contribution in [-0.4, -0.2) is 47.7 Å². The van der Waals surface area contributed by atoms with Gasteiger partial charge in [0.05, 0.1) is 0 Å². The Balaban J connectivity index is 1.63. The molecule has 162 valence electrons. The molecule has 0 spiro atoms. The molecule has 29 heavy (non-hydrogen) atoms. The van der Waals surface area contributed by atoms with Gasteiger partial charge in [0, 0.05) is 38.3 Å². The summed E-state index contributed by atoms with van der Waals surface area (Å²) in [6, 6.07) is 9.47. The monoisotopic (exact) mass is 401 g/mol. The second-order valence-corrected chi connectivity index (χ2v) is 9.86. The average molecular weight is 402 g/mol. The van der Waals surface area contributed by atoms with Crippen LogP contribution in [0, 0.1) is 5.92 Å². The van der Waals surface area contributed by atoms with Crippen LogP contribution in [0.5, 0.6) is 0 Å². The highest BCUT2D eigenvalue weighted by molar-refractivity contribution is 5.68. The number of amides is 1. The Morgan fingerprint density at radius 1 is 1.07 bits per heavy atom. The topological polar surface area (TPSA) is 58.8 Å². The zero-order valence-corrected chi connectivity index (χ0v) is 18.7. The molecule has 1 aromatic rings. The Morgan fingerprint density at radius 2 is 1.62 bits per heavy atom. The third-order valence-corrected chi connectivity index (χ3v) is 5.94. The summed E-state index contributed by atoms with van der Waals surface area (Å²) in [5.74, 6) is 0.872. The lowest BCUT2D eigenvalue weighted by Crippen LogP contribution is -2.43. The van der Waals surface area contributed by atoms with Crippen molar-refractivity contribution in [1.82, 2.24) is 9.80 Å². The molecule has 1 unspecified atom stereocenters. The van der Waals surface area contributed by atoms with Crippen molar-refractivity contribution in [2.45, 2.75) is 77.5 Å². The Hall–Kier alpha value is -1.59. The van der Waals surface area contributed by atoms with E-state index in [0.717, 1.165) is 44.9 Å². The van der Waals surface area contributed by atoms with Crippen LogP contribution in [-0.2, 0) is 4.74 Å². The first-order valence-corrected chi connectivity index (χ1v) is 11.3. The van der Waals surface area contributed by atoms with Crippen LogP contribution in [0.1, 0.15) is 83.0 Å². The van der Waals surface area contributed by atoms with Crippen molar-refractivity contribution in [2.24, 2.45) is 11.7 Å². The molecule has 0 aromatic heterocycles. The molecule has 2 aliphatic rings. The molecule has 1 saturated heterocycles. The number of carbonyl (C=O) groups is 1. The lowest BCUT2D eigenvalue weighted by atomic mass is 9.96. The van der Waals surface area contributed by atoms with Gasteiger partial charge in [-0.3, -0.25) is 4.90 Å². The third-order valence-electron chi connectivity index (χ3n) is 5.94. The molecule has 1 aromatic carbocycles. The molecule has 1 amide bonds. The molecule has 5 heteroatoms. The highest BCUT2D eigenvalue weighted by atomic mass is 16.6. The number of rotatable bonds is 5. The van der Waals surface area contributed by atoms with E-state index in [4.69, 9.17) is 10.5 Å². The highest BCUT2D eigenvalue weighted by Gasteiger charge is 2.31.